The van der Waals surface area contributed by atoms with E-state index in [1.165, 1.54) is 4.90 Å². The van der Waals surface area contributed by atoms with Crippen molar-refractivity contribution in [2.24, 2.45) is 0 Å². The van der Waals surface area contributed by atoms with Crippen molar-refractivity contribution in [1.29, 1.82) is 0 Å². The highest BCUT2D eigenvalue weighted by molar-refractivity contribution is 6.51. The molecule has 1 saturated heterocycles. The van der Waals surface area contributed by atoms with Crippen LogP contribution in [0.1, 0.15) is 53.8 Å². The summed E-state index contributed by atoms with van der Waals surface area (Å²) < 4.78 is 1.81. The molecule has 8 heteroatoms. The van der Waals surface area contributed by atoms with Crippen molar-refractivity contribution in [3.63, 3.8) is 0 Å². The number of benzene rings is 2. The summed E-state index contributed by atoms with van der Waals surface area (Å²) in [5, 5.41) is 23.8. The maximum Gasteiger partial charge on any atom is 0.301 e. The van der Waals surface area contributed by atoms with E-state index in [0.717, 1.165) is 11.1 Å². The van der Waals surface area contributed by atoms with Crippen molar-refractivity contribution < 1.29 is 14.7 Å². The number of amides is 1. The molecule has 0 radical (unpaired) electrons. The topological polar surface area (TPSA) is 101 Å². The fourth-order valence-electron chi connectivity index (χ4n) is 4.47. The molecule has 1 amide bonds. The first kappa shape index (κ1) is 24.1. The van der Waals surface area contributed by atoms with E-state index in [0.29, 0.717) is 29.3 Å². The van der Waals surface area contributed by atoms with Crippen LogP contribution in [0.4, 0.5) is 5.82 Å². The van der Waals surface area contributed by atoms with E-state index in [-0.39, 0.29) is 17.2 Å². The Bertz CT molecular complexity index is 1460. The van der Waals surface area contributed by atoms with E-state index in [2.05, 4.69) is 29.1 Å². The number of aliphatic hydroxyl groups excluding tert-OH is 1. The lowest BCUT2D eigenvalue weighted by molar-refractivity contribution is -0.132. The molecule has 1 fully saturated rings. The minimum absolute atomic E-state index is 0.0181. The van der Waals surface area contributed by atoms with E-state index >= 15 is 0 Å². The van der Waals surface area contributed by atoms with Crippen LogP contribution >= 0.6 is 0 Å². The normalized spacial score (nSPS) is 17.1. The molecule has 1 atom stereocenters. The van der Waals surface area contributed by atoms with Crippen LogP contribution in [-0.4, -0.2) is 36.8 Å². The van der Waals surface area contributed by atoms with Crippen LogP contribution < -0.4 is 4.90 Å². The maximum absolute atomic E-state index is 13.3. The molecule has 2 aromatic heterocycles. The van der Waals surface area contributed by atoms with Gasteiger partial charge in [0.15, 0.2) is 5.82 Å². The quantitative estimate of drug-likeness (QED) is 0.236. The van der Waals surface area contributed by atoms with Crippen LogP contribution in [0, 0.1) is 6.92 Å². The Balaban J connectivity index is 1.61. The summed E-state index contributed by atoms with van der Waals surface area (Å²) >= 11 is 0. The number of carbonyl (C=O) groups is 2. The number of aromatic nitrogens is 4. The number of hydrogen-bond donors (Lipinski definition) is 1. The summed E-state index contributed by atoms with van der Waals surface area (Å²) in [5.41, 5.74) is 3.96. The van der Waals surface area contributed by atoms with E-state index in [1.54, 1.807) is 37.4 Å². The van der Waals surface area contributed by atoms with E-state index < -0.39 is 17.7 Å². The maximum atomic E-state index is 13.3. The molecule has 8 nitrogen and oxygen atoms in total. The smallest absolute Gasteiger partial charge is 0.301 e. The van der Waals surface area contributed by atoms with Crippen LogP contribution in [-0.2, 0) is 16.1 Å². The van der Waals surface area contributed by atoms with Gasteiger partial charge in [-0.2, -0.15) is 10.2 Å². The van der Waals surface area contributed by atoms with Crippen molar-refractivity contribution in [2.45, 2.75) is 39.3 Å². The summed E-state index contributed by atoms with van der Waals surface area (Å²) in [6, 6.07) is 19.3. The summed E-state index contributed by atoms with van der Waals surface area (Å²) in [4.78, 5) is 27.9. The Labute approximate surface area is 214 Å². The largest absolute Gasteiger partial charge is 0.507 e. The minimum Gasteiger partial charge on any atom is -0.507 e. The van der Waals surface area contributed by atoms with Gasteiger partial charge in [-0.1, -0.05) is 62.4 Å². The number of rotatable bonds is 6. The Morgan fingerprint density at radius 3 is 2.30 bits per heavy atom. The number of anilines is 1. The average Bonchev–Trinajstić information content (AvgIpc) is 3.51. The summed E-state index contributed by atoms with van der Waals surface area (Å²) in [6.45, 7) is 6.54. The van der Waals surface area contributed by atoms with E-state index in [9.17, 15) is 14.7 Å². The van der Waals surface area contributed by atoms with Gasteiger partial charge in [-0.25, -0.2) is 0 Å². The molecule has 0 aliphatic carbocycles. The molecule has 3 heterocycles. The number of aryl methyl sites for hydroxylation is 1. The standard InChI is InChI=1S/C29H27N5O3/c1-18(2)21-10-12-23(13-11-21)27(35)25-26(22-8-6-20(7-9-22)17-33-16-4-15-30-33)34(29(37)28(25)36)24-14-5-19(3)31-32-24/h4-16,18,26,35H,17H2,1-3H3/b27-25-. The molecule has 0 bridgehead atoms. The molecular weight excluding hydrogens is 466 g/mol. The molecule has 5 rings (SSSR count). The zero-order valence-electron chi connectivity index (χ0n) is 20.9. The lowest BCUT2D eigenvalue weighted by Crippen LogP contribution is -2.30. The number of hydrogen-bond acceptors (Lipinski definition) is 6. The van der Waals surface area contributed by atoms with Crippen LogP contribution in [0.2, 0.25) is 0 Å². The molecule has 4 aromatic rings. The highest BCUT2D eigenvalue weighted by Crippen LogP contribution is 2.41. The summed E-state index contributed by atoms with van der Waals surface area (Å²) in [7, 11) is 0. The van der Waals surface area contributed by atoms with Crippen LogP contribution in [0.5, 0.6) is 0 Å². The minimum atomic E-state index is -0.861. The van der Waals surface area contributed by atoms with Crippen molar-refractivity contribution in [2.75, 3.05) is 4.90 Å². The van der Waals surface area contributed by atoms with Gasteiger partial charge >= 0.3 is 5.91 Å². The number of nitrogens with zero attached hydrogens (tertiary/aromatic N) is 5. The van der Waals surface area contributed by atoms with Crippen molar-refractivity contribution in [3.05, 3.63) is 113 Å². The van der Waals surface area contributed by atoms with Crippen LogP contribution in [0.15, 0.2) is 84.7 Å². The first-order valence-corrected chi connectivity index (χ1v) is 12.1. The van der Waals surface area contributed by atoms with Gasteiger partial charge in [-0.15, -0.1) is 5.10 Å². The first-order valence-electron chi connectivity index (χ1n) is 12.1. The zero-order chi connectivity index (χ0) is 26.1. The van der Waals surface area contributed by atoms with Gasteiger partial charge in [0.25, 0.3) is 5.78 Å². The number of carbonyl (C=O) groups excluding carboxylic acids is 2. The van der Waals surface area contributed by atoms with Gasteiger partial charge < -0.3 is 5.11 Å². The van der Waals surface area contributed by atoms with Crippen molar-refractivity contribution in [3.8, 4) is 0 Å². The molecule has 1 aliphatic heterocycles. The predicted octanol–water partition coefficient (Wildman–Crippen LogP) is 4.78. The van der Waals surface area contributed by atoms with Gasteiger partial charge in [0, 0.05) is 18.0 Å². The Hall–Kier alpha value is -4.59. The monoisotopic (exact) mass is 493 g/mol. The third-order valence-corrected chi connectivity index (χ3v) is 6.53. The van der Waals surface area contributed by atoms with Gasteiger partial charge in [0.1, 0.15) is 5.76 Å². The van der Waals surface area contributed by atoms with Gasteiger partial charge in [0.2, 0.25) is 0 Å². The molecule has 0 spiro atoms. The van der Waals surface area contributed by atoms with E-state index in [1.807, 2.05) is 53.3 Å². The van der Waals surface area contributed by atoms with Gasteiger partial charge in [-0.05, 0) is 47.7 Å². The van der Waals surface area contributed by atoms with Crippen molar-refractivity contribution in [1.82, 2.24) is 20.0 Å². The fraction of sp³-hybridized carbons (Fsp3) is 0.207. The summed E-state index contributed by atoms with van der Waals surface area (Å²) in [6.07, 6.45) is 3.60. The fourth-order valence-corrected chi connectivity index (χ4v) is 4.47. The Kier molecular flexibility index (Phi) is 6.40. The molecule has 1 N–H and O–H groups in total. The predicted molar refractivity (Wildman–Crippen MR) is 140 cm³/mol. The molecule has 37 heavy (non-hydrogen) atoms. The second-order valence-electron chi connectivity index (χ2n) is 9.42. The number of Topliss-reactive ketones (excluding diaryl/α,β-unsaturated/α-hetero) is 1. The Morgan fingerprint density at radius 2 is 1.70 bits per heavy atom. The average molecular weight is 494 g/mol. The summed E-state index contributed by atoms with van der Waals surface area (Å²) in [5.74, 6) is -1.18. The molecular formula is C29H27N5O3. The SMILES string of the molecule is Cc1ccc(N2C(=O)C(=O)/C(=C(\O)c3ccc(C(C)C)cc3)C2c2ccc(Cn3cccn3)cc2)nn1. The number of aliphatic hydroxyl groups is 1. The first-order chi connectivity index (χ1) is 17.8. The Morgan fingerprint density at radius 1 is 0.973 bits per heavy atom. The third kappa shape index (κ3) is 4.65. The van der Waals surface area contributed by atoms with Crippen LogP contribution in [0.25, 0.3) is 5.76 Å². The molecule has 2 aromatic carbocycles. The molecule has 1 unspecified atom stereocenters. The lowest BCUT2D eigenvalue weighted by atomic mass is 9.93. The van der Waals surface area contributed by atoms with Gasteiger partial charge in [-0.3, -0.25) is 19.2 Å². The molecule has 1 aliphatic rings. The second-order valence-corrected chi connectivity index (χ2v) is 9.42. The third-order valence-electron chi connectivity index (χ3n) is 6.53. The van der Waals surface area contributed by atoms with Crippen LogP contribution in [0.3, 0.4) is 0 Å². The van der Waals surface area contributed by atoms with E-state index in [4.69, 9.17) is 0 Å². The highest BCUT2D eigenvalue weighted by Gasteiger charge is 2.47. The highest BCUT2D eigenvalue weighted by atomic mass is 16.3. The lowest BCUT2D eigenvalue weighted by Gasteiger charge is -2.24. The molecule has 0 saturated carbocycles. The van der Waals surface area contributed by atoms with Crippen molar-refractivity contribution >= 4 is 23.3 Å². The second kappa shape index (κ2) is 9.81. The number of ketones is 1. The van der Waals surface area contributed by atoms with Gasteiger partial charge in [0.05, 0.1) is 23.9 Å². The molecule has 186 valence electrons. The zero-order valence-corrected chi connectivity index (χ0v) is 20.9.